The zero-order valence-corrected chi connectivity index (χ0v) is 11.4. The summed E-state index contributed by atoms with van der Waals surface area (Å²) in [5, 5.41) is 12.4. The number of carbonyl (C=O) groups excluding carboxylic acids is 1. The van der Waals surface area contributed by atoms with Crippen molar-refractivity contribution >= 4 is 23.2 Å². The van der Waals surface area contributed by atoms with Crippen molar-refractivity contribution in [2.45, 2.75) is 19.3 Å². The highest BCUT2D eigenvalue weighted by atomic mass is 35.5. The first-order valence-electron chi connectivity index (χ1n) is 6.42. The summed E-state index contributed by atoms with van der Waals surface area (Å²) in [6, 6.07) is 7.12. The number of likely N-dealkylation sites (tertiary alicyclic amines) is 1. The molecule has 1 saturated heterocycles. The van der Waals surface area contributed by atoms with Crippen LogP contribution in [-0.2, 0) is 4.79 Å². The Morgan fingerprint density at radius 3 is 2.79 bits per heavy atom. The number of carbonyl (C=O) groups is 1. The minimum atomic E-state index is 0.190. The third-order valence-corrected chi connectivity index (χ3v) is 3.52. The Bertz CT molecular complexity index is 504. The fourth-order valence-corrected chi connectivity index (χ4v) is 2.40. The summed E-state index contributed by atoms with van der Waals surface area (Å²) >= 11 is 6.04. The Morgan fingerprint density at radius 1 is 1.42 bits per heavy atom. The maximum Gasteiger partial charge on any atom is 0.224 e. The molecule has 0 atom stereocenters. The molecule has 0 spiro atoms. The molecule has 1 heterocycles. The molecule has 0 radical (unpaired) electrons. The quantitative estimate of drug-likeness (QED) is 0.920. The van der Waals surface area contributed by atoms with E-state index in [9.17, 15) is 4.79 Å². The topological polar surface area (TPSA) is 56.1 Å². The molecule has 1 aliphatic heterocycles. The highest BCUT2D eigenvalue weighted by Gasteiger charge is 2.17. The van der Waals surface area contributed by atoms with Gasteiger partial charge in [-0.15, -0.1) is 0 Å². The predicted octanol–water partition coefficient (Wildman–Crippen LogP) is 2.64. The zero-order chi connectivity index (χ0) is 13.7. The molecule has 0 unspecified atom stereocenters. The molecule has 1 aliphatic rings. The van der Waals surface area contributed by atoms with Crippen LogP contribution >= 0.6 is 11.6 Å². The normalized spacial score (nSPS) is 14.2. The number of hydrogen-bond donors (Lipinski definition) is 1. The van der Waals surface area contributed by atoms with E-state index < -0.39 is 0 Å². The molecule has 100 valence electrons. The fraction of sp³-hybridized carbons (Fsp3) is 0.429. The van der Waals surface area contributed by atoms with Gasteiger partial charge in [0.15, 0.2) is 0 Å². The third kappa shape index (κ3) is 3.62. The largest absolute Gasteiger partial charge is 0.383 e. The summed E-state index contributed by atoms with van der Waals surface area (Å²) in [7, 11) is 0. The summed E-state index contributed by atoms with van der Waals surface area (Å²) in [5.41, 5.74) is 1.29. The number of nitrogens with one attached hydrogen (secondary N) is 1. The molecule has 1 fully saturated rings. The first-order valence-corrected chi connectivity index (χ1v) is 6.80. The molecule has 0 saturated carbocycles. The molecule has 0 aliphatic carbocycles. The van der Waals surface area contributed by atoms with Crippen molar-refractivity contribution in [3.8, 4) is 6.07 Å². The van der Waals surface area contributed by atoms with Crippen LogP contribution < -0.4 is 5.32 Å². The van der Waals surface area contributed by atoms with Crippen molar-refractivity contribution in [3.63, 3.8) is 0 Å². The van der Waals surface area contributed by atoms with E-state index in [0.29, 0.717) is 23.6 Å². The molecule has 0 bridgehead atoms. The summed E-state index contributed by atoms with van der Waals surface area (Å²) < 4.78 is 0. The van der Waals surface area contributed by atoms with Crippen molar-refractivity contribution in [2.75, 3.05) is 25.0 Å². The Balaban J connectivity index is 1.82. The molecular weight excluding hydrogens is 262 g/mol. The van der Waals surface area contributed by atoms with Crippen LogP contribution in [0.3, 0.4) is 0 Å². The van der Waals surface area contributed by atoms with Crippen molar-refractivity contribution in [1.29, 1.82) is 5.26 Å². The van der Waals surface area contributed by atoms with Gasteiger partial charge in [0.2, 0.25) is 5.91 Å². The minimum absolute atomic E-state index is 0.190. The Labute approximate surface area is 118 Å². The minimum Gasteiger partial charge on any atom is -0.383 e. The lowest BCUT2D eigenvalue weighted by Gasteiger charge is -2.15. The Morgan fingerprint density at radius 2 is 2.16 bits per heavy atom. The molecule has 1 amide bonds. The number of nitrogens with zero attached hydrogens (tertiary/aromatic N) is 2. The molecule has 2 rings (SSSR count). The number of nitriles is 1. The monoisotopic (exact) mass is 277 g/mol. The molecule has 4 nitrogen and oxygen atoms in total. The van der Waals surface area contributed by atoms with Gasteiger partial charge in [-0.1, -0.05) is 11.6 Å². The molecule has 0 aromatic heterocycles. The first-order chi connectivity index (χ1) is 9.20. The van der Waals surface area contributed by atoms with Gasteiger partial charge in [-0.3, -0.25) is 4.79 Å². The number of benzene rings is 1. The van der Waals surface area contributed by atoms with Gasteiger partial charge in [-0.25, -0.2) is 0 Å². The molecule has 1 aromatic rings. The van der Waals surface area contributed by atoms with E-state index in [1.165, 1.54) is 0 Å². The summed E-state index contributed by atoms with van der Waals surface area (Å²) in [4.78, 5) is 13.7. The van der Waals surface area contributed by atoms with Crippen LogP contribution in [0.1, 0.15) is 24.8 Å². The van der Waals surface area contributed by atoms with Crippen LogP contribution in [-0.4, -0.2) is 30.4 Å². The lowest BCUT2D eigenvalue weighted by atomic mass is 10.2. The van der Waals surface area contributed by atoms with Crippen molar-refractivity contribution < 1.29 is 4.79 Å². The van der Waals surface area contributed by atoms with E-state index in [2.05, 4.69) is 5.32 Å². The number of rotatable bonds is 4. The van der Waals surface area contributed by atoms with Gasteiger partial charge in [-0.05, 0) is 31.0 Å². The lowest BCUT2D eigenvalue weighted by molar-refractivity contribution is -0.129. The summed E-state index contributed by atoms with van der Waals surface area (Å²) in [6.45, 7) is 2.33. The van der Waals surface area contributed by atoms with Crippen molar-refractivity contribution in [1.82, 2.24) is 4.90 Å². The van der Waals surface area contributed by atoms with E-state index in [-0.39, 0.29) is 5.91 Å². The summed E-state index contributed by atoms with van der Waals surface area (Å²) in [6.07, 6.45) is 2.69. The van der Waals surface area contributed by atoms with Crippen LogP contribution in [0.4, 0.5) is 5.69 Å². The van der Waals surface area contributed by atoms with Gasteiger partial charge in [-0.2, -0.15) is 5.26 Å². The Hall–Kier alpha value is -1.73. The van der Waals surface area contributed by atoms with Crippen molar-refractivity contribution in [3.05, 3.63) is 28.8 Å². The standard InChI is InChI=1S/C14H16ClN3O/c15-12-9-11(10-16)3-4-13(12)17-6-5-14(19)18-7-1-2-8-18/h3-4,9,17H,1-2,5-8H2. The van der Waals surface area contributed by atoms with Gasteiger partial charge in [0.05, 0.1) is 22.3 Å². The van der Waals surface area contributed by atoms with Crippen molar-refractivity contribution in [2.24, 2.45) is 0 Å². The first kappa shape index (κ1) is 13.7. The smallest absolute Gasteiger partial charge is 0.224 e. The van der Waals surface area contributed by atoms with Crippen LogP contribution in [0, 0.1) is 11.3 Å². The van der Waals surface area contributed by atoms with Gasteiger partial charge < -0.3 is 10.2 Å². The highest BCUT2D eigenvalue weighted by molar-refractivity contribution is 6.33. The second-order valence-corrected chi connectivity index (χ2v) is 4.98. The maximum absolute atomic E-state index is 11.8. The summed E-state index contributed by atoms with van der Waals surface area (Å²) in [5.74, 6) is 0.190. The van der Waals surface area contributed by atoms with E-state index in [1.807, 2.05) is 11.0 Å². The molecule has 1 aromatic carbocycles. The number of anilines is 1. The van der Waals surface area contributed by atoms with E-state index >= 15 is 0 Å². The Kier molecular flexibility index (Phi) is 4.64. The highest BCUT2D eigenvalue weighted by Crippen LogP contribution is 2.22. The molecule has 19 heavy (non-hydrogen) atoms. The number of hydrogen-bond acceptors (Lipinski definition) is 3. The second-order valence-electron chi connectivity index (χ2n) is 4.57. The third-order valence-electron chi connectivity index (χ3n) is 3.21. The van der Waals surface area contributed by atoms with Crippen LogP contribution in [0.15, 0.2) is 18.2 Å². The average Bonchev–Trinajstić information content (AvgIpc) is 2.94. The zero-order valence-electron chi connectivity index (χ0n) is 10.7. The lowest BCUT2D eigenvalue weighted by Crippen LogP contribution is -2.29. The van der Waals surface area contributed by atoms with Gasteiger partial charge in [0.25, 0.3) is 0 Å². The van der Waals surface area contributed by atoms with E-state index in [4.69, 9.17) is 16.9 Å². The second kappa shape index (κ2) is 6.44. The van der Waals surface area contributed by atoms with Crippen LogP contribution in [0.2, 0.25) is 5.02 Å². The predicted molar refractivity (Wildman–Crippen MR) is 75.1 cm³/mol. The fourth-order valence-electron chi connectivity index (χ4n) is 2.16. The van der Waals surface area contributed by atoms with E-state index in [0.717, 1.165) is 31.6 Å². The van der Waals surface area contributed by atoms with Crippen LogP contribution in [0.25, 0.3) is 0 Å². The SMILES string of the molecule is N#Cc1ccc(NCCC(=O)N2CCCC2)c(Cl)c1. The van der Waals surface area contributed by atoms with Gasteiger partial charge in [0.1, 0.15) is 0 Å². The van der Waals surface area contributed by atoms with Crippen LogP contribution in [0.5, 0.6) is 0 Å². The van der Waals surface area contributed by atoms with Gasteiger partial charge >= 0.3 is 0 Å². The number of amides is 1. The van der Waals surface area contributed by atoms with Gasteiger partial charge in [0, 0.05) is 26.1 Å². The van der Waals surface area contributed by atoms with E-state index in [1.54, 1.807) is 18.2 Å². The maximum atomic E-state index is 11.8. The molecule has 1 N–H and O–H groups in total. The number of halogens is 1. The molecule has 5 heteroatoms. The average molecular weight is 278 g/mol. The molecular formula is C14H16ClN3O.